The van der Waals surface area contributed by atoms with Crippen molar-refractivity contribution in [3.8, 4) is 5.75 Å². The fourth-order valence-electron chi connectivity index (χ4n) is 1.44. The molecule has 0 bridgehead atoms. The van der Waals surface area contributed by atoms with Gasteiger partial charge in [-0.25, -0.2) is 0 Å². The average Bonchev–Trinajstić information content (AvgIpc) is 2.30. The summed E-state index contributed by atoms with van der Waals surface area (Å²) in [5.74, 6) is 0.868. The van der Waals surface area contributed by atoms with Gasteiger partial charge >= 0.3 is 0 Å². The van der Waals surface area contributed by atoms with E-state index in [2.05, 4.69) is 0 Å². The van der Waals surface area contributed by atoms with E-state index in [-0.39, 0.29) is 0 Å². The summed E-state index contributed by atoms with van der Waals surface area (Å²) in [6.07, 6.45) is 3.66. The Hall–Kier alpha value is -2.02. The zero-order valence-corrected chi connectivity index (χ0v) is 9.26. The maximum atomic E-state index is 5.51. The van der Waals surface area contributed by atoms with Gasteiger partial charge in [-0.3, -0.25) is 0 Å². The minimum atomic E-state index is 0.868. The fraction of sp³-hybridized carbons (Fsp3) is 0.0667. The molecule has 0 aliphatic heterocycles. The van der Waals surface area contributed by atoms with Gasteiger partial charge in [0.15, 0.2) is 0 Å². The lowest BCUT2D eigenvalue weighted by molar-refractivity contribution is 0.485. The van der Waals surface area contributed by atoms with Gasteiger partial charge in [-0.1, -0.05) is 42.5 Å². The average molecular weight is 210 g/mol. The predicted molar refractivity (Wildman–Crippen MR) is 67.3 cm³/mol. The first kappa shape index (κ1) is 10.5. The standard InChI is InChI=1S/C15H14O/c1-13-6-5-9-15(12-13)16-11-10-14-7-3-2-4-8-14/h2-12H,1H3/b11-10+. The summed E-state index contributed by atoms with van der Waals surface area (Å²) in [5, 5.41) is 0. The summed E-state index contributed by atoms with van der Waals surface area (Å²) >= 11 is 0. The molecule has 0 atom stereocenters. The van der Waals surface area contributed by atoms with E-state index in [1.54, 1.807) is 6.26 Å². The second-order valence-corrected chi connectivity index (χ2v) is 3.65. The van der Waals surface area contributed by atoms with Crippen LogP contribution in [0.2, 0.25) is 0 Å². The van der Waals surface area contributed by atoms with Crippen LogP contribution in [0.15, 0.2) is 60.9 Å². The van der Waals surface area contributed by atoms with Crippen molar-refractivity contribution in [2.45, 2.75) is 6.92 Å². The summed E-state index contributed by atoms with van der Waals surface area (Å²) in [5.41, 5.74) is 2.33. The van der Waals surface area contributed by atoms with Crippen LogP contribution in [0.1, 0.15) is 11.1 Å². The zero-order chi connectivity index (χ0) is 11.2. The lowest BCUT2D eigenvalue weighted by atomic mass is 10.2. The van der Waals surface area contributed by atoms with E-state index >= 15 is 0 Å². The predicted octanol–water partition coefficient (Wildman–Crippen LogP) is 4.04. The molecule has 0 spiro atoms. The third-order valence-corrected chi connectivity index (χ3v) is 2.25. The van der Waals surface area contributed by atoms with E-state index in [1.165, 1.54) is 5.56 Å². The van der Waals surface area contributed by atoms with Crippen LogP contribution in [-0.4, -0.2) is 0 Å². The Kier molecular flexibility index (Phi) is 3.39. The van der Waals surface area contributed by atoms with Crippen molar-refractivity contribution in [2.75, 3.05) is 0 Å². The van der Waals surface area contributed by atoms with Gasteiger partial charge in [0.25, 0.3) is 0 Å². The molecule has 0 heterocycles. The van der Waals surface area contributed by atoms with Crippen molar-refractivity contribution in [3.63, 3.8) is 0 Å². The number of benzene rings is 2. The van der Waals surface area contributed by atoms with Crippen LogP contribution in [0, 0.1) is 6.92 Å². The summed E-state index contributed by atoms with van der Waals surface area (Å²) in [6, 6.07) is 18.1. The molecular formula is C15H14O. The molecule has 0 saturated carbocycles. The molecule has 0 unspecified atom stereocenters. The summed E-state index contributed by atoms with van der Waals surface area (Å²) in [6.45, 7) is 2.05. The molecule has 0 radical (unpaired) electrons. The number of hydrogen-bond donors (Lipinski definition) is 0. The van der Waals surface area contributed by atoms with E-state index in [9.17, 15) is 0 Å². The number of hydrogen-bond acceptors (Lipinski definition) is 1. The van der Waals surface area contributed by atoms with E-state index in [4.69, 9.17) is 4.74 Å². The van der Waals surface area contributed by atoms with Gasteiger partial charge < -0.3 is 4.74 Å². The fourth-order valence-corrected chi connectivity index (χ4v) is 1.44. The molecule has 2 rings (SSSR count). The molecule has 0 aliphatic carbocycles. The highest BCUT2D eigenvalue weighted by Gasteiger charge is 1.90. The Morgan fingerprint density at radius 3 is 2.50 bits per heavy atom. The highest BCUT2D eigenvalue weighted by molar-refractivity contribution is 5.48. The van der Waals surface area contributed by atoms with E-state index in [0.29, 0.717) is 0 Å². The van der Waals surface area contributed by atoms with E-state index < -0.39 is 0 Å². The Bertz CT molecular complexity index is 472. The van der Waals surface area contributed by atoms with Crippen LogP contribution in [0.4, 0.5) is 0 Å². The Morgan fingerprint density at radius 1 is 0.938 bits per heavy atom. The van der Waals surface area contributed by atoms with Crippen molar-refractivity contribution >= 4 is 6.08 Å². The minimum Gasteiger partial charge on any atom is -0.465 e. The van der Waals surface area contributed by atoms with Crippen LogP contribution in [0.3, 0.4) is 0 Å². The summed E-state index contributed by atoms with van der Waals surface area (Å²) in [7, 11) is 0. The topological polar surface area (TPSA) is 9.23 Å². The van der Waals surface area contributed by atoms with Gasteiger partial charge in [-0.05, 0) is 36.3 Å². The number of aryl methyl sites for hydroxylation is 1. The molecule has 0 aromatic heterocycles. The van der Waals surface area contributed by atoms with Crippen molar-refractivity contribution < 1.29 is 4.74 Å². The highest BCUT2D eigenvalue weighted by Crippen LogP contribution is 2.13. The van der Waals surface area contributed by atoms with Gasteiger partial charge in [0.05, 0.1) is 6.26 Å². The van der Waals surface area contributed by atoms with Gasteiger partial charge in [-0.2, -0.15) is 0 Å². The lowest BCUT2D eigenvalue weighted by Gasteiger charge is -2.00. The van der Waals surface area contributed by atoms with Crippen molar-refractivity contribution in [1.82, 2.24) is 0 Å². The normalized spacial score (nSPS) is 10.6. The smallest absolute Gasteiger partial charge is 0.126 e. The summed E-state index contributed by atoms with van der Waals surface area (Å²) in [4.78, 5) is 0. The third-order valence-electron chi connectivity index (χ3n) is 2.25. The quantitative estimate of drug-likeness (QED) is 0.694. The monoisotopic (exact) mass is 210 g/mol. The number of ether oxygens (including phenoxy) is 1. The van der Waals surface area contributed by atoms with Crippen molar-refractivity contribution in [3.05, 3.63) is 72.0 Å². The first-order chi connectivity index (χ1) is 7.84. The molecule has 0 amide bonds. The molecule has 80 valence electrons. The molecule has 1 heteroatoms. The molecule has 0 saturated heterocycles. The van der Waals surface area contributed by atoms with Crippen LogP contribution >= 0.6 is 0 Å². The van der Waals surface area contributed by atoms with Crippen LogP contribution in [0.5, 0.6) is 5.75 Å². The van der Waals surface area contributed by atoms with Crippen molar-refractivity contribution in [1.29, 1.82) is 0 Å². The molecular weight excluding hydrogens is 196 g/mol. The Labute approximate surface area is 96.0 Å². The molecule has 0 aliphatic rings. The van der Waals surface area contributed by atoms with Gasteiger partial charge in [0, 0.05) is 0 Å². The SMILES string of the molecule is Cc1cccc(O/C=C/c2ccccc2)c1. The third kappa shape index (κ3) is 2.99. The van der Waals surface area contributed by atoms with Crippen LogP contribution < -0.4 is 4.74 Å². The second-order valence-electron chi connectivity index (χ2n) is 3.65. The molecule has 1 nitrogen and oxygen atoms in total. The molecule has 2 aromatic rings. The lowest BCUT2D eigenvalue weighted by Crippen LogP contribution is -1.82. The van der Waals surface area contributed by atoms with E-state index in [1.807, 2.05) is 67.6 Å². The molecule has 0 fully saturated rings. The van der Waals surface area contributed by atoms with E-state index in [0.717, 1.165) is 11.3 Å². The maximum Gasteiger partial charge on any atom is 0.126 e. The Balaban J connectivity index is 2.00. The van der Waals surface area contributed by atoms with Gasteiger partial charge in [0.2, 0.25) is 0 Å². The summed E-state index contributed by atoms with van der Waals surface area (Å²) < 4.78 is 5.51. The molecule has 0 N–H and O–H groups in total. The first-order valence-corrected chi connectivity index (χ1v) is 5.29. The second kappa shape index (κ2) is 5.17. The highest BCUT2D eigenvalue weighted by atomic mass is 16.5. The molecule has 2 aromatic carbocycles. The van der Waals surface area contributed by atoms with Gasteiger partial charge in [-0.15, -0.1) is 0 Å². The van der Waals surface area contributed by atoms with Crippen LogP contribution in [-0.2, 0) is 0 Å². The maximum absolute atomic E-state index is 5.51. The molecule has 16 heavy (non-hydrogen) atoms. The van der Waals surface area contributed by atoms with Crippen molar-refractivity contribution in [2.24, 2.45) is 0 Å². The zero-order valence-electron chi connectivity index (χ0n) is 9.26. The largest absolute Gasteiger partial charge is 0.465 e. The number of rotatable bonds is 3. The Morgan fingerprint density at radius 2 is 1.75 bits per heavy atom. The van der Waals surface area contributed by atoms with Crippen LogP contribution in [0.25, 0.3) is 6.08 Å². The first-order valence-electron chi connectivity index (χ1n) is 5.29. The minimum absolute atomic E-state index is 0.868. The van der Waals surface area contributed by atoms with Gasteiger partial charge in [0.1, 0.15) is 5.75 Å².